The average molecular weight is 421 g/mol. The second kappa shape index (κ2) is 7.58. The standard InChI is InChI=1S/C23H36O3SSi/c1-17(2)19(4)23(26-28(8,9)22(5,6)7)15-18(3)21(16-23)27(24,25)20-13-11-10-12-14-20/h10-14,16,18H,15H2,1-9H3. The molecule has 2 unspecified atom stereocenters. The second-order valence-electron chi connectivity index (χ2n) is 9.85. The zero-order valence-electron chi connectivity index (χ0n) is 18.9. The van der Waals surface area contributed by atoms with E-state index in [9.17, 15) is 8.42 Å². The van der Waals surface area contributed by atoms with Crippen molar-refractivity contribution >= 4 is 18.2 Å². The van der Waals surface area contributed by atoms with Crippen molar-refractivity contribution in [3.63, 3.8) is 0 Å². The van der Waals surface area contributed by atoms with Crippen LogP contribution in [0.2, 0.25) is 18.1 Å². The molecular weight excluding hydrogens is 384 g/mol. The molecule has 1 aliphatic carbocycles. The Morgan fingerprint density at radius 3 is 2.11 bits per heavy atom. The van der Waals surface area contributed by atoms with Gasteiger partial charge in [0.25, 0.3) is 0 Å². The summed E-state index contributed by atoms with van der Waals surface area (Å²) in [6.45, 7) is 19.4. The molecule has 28 heavy (non-hydrogen) atoms. The molecule has 3 nitrogen and oxygen atoms in total. The minimum Gasteiger partial charge on any atom is -0.404 e. The molecule has 0 spiro atoms. The van der Waals surface area contributed by atoms with E-state index in [-0.39, 0.29) is 11.0 Å². The molecule has 0 aromatic heterocycles. The third-order valence-corrected chi connectivity index (χ3v) is 13.0. The zero-order valence-corrected chi connectivity index (χ0v) is 20.7. The molecule has 0 aliphatic heterocycles. The van der Waals surface area contributed by atoms with Gasteiger partial charge in [-0.05, 0) is 75.0 Å². The second-order valence-corrected chi connectivity index (χ2v) is 16.5. The number of sulfone groups is 1. The molecule has 0 amide bonds. The van der Waals surface area contributed by atoms with Crippen molar-refractivity contribution in [2.45, 2.75) is 83.5 Å². The maximum absolute atomic E-state index is 13.4. The van der Waals surface area contributed by atoms with Crippen molar-refractivity contribution in [3.05, 3.63) is 52.5 Å². The SMILES string of the molecule is CC(C)=C(C)C1(O[Si](C)(C)C(C)(C)C)C=C(S(=O)(=O)c2ccccc2)C(C)C1. The summed E-state index contributed by atoms with van der Waals surface area (Å²) in [6.07, 6.45) is 2.58. The third-order valence-electron chi connectivity index (χ3n) is 6.46. The van der Waals surface area contributed by atoms with Crippen LogP contribution in [0.4, 0.5) is 0 Å². The van der Waals surface area contributed by atoms with E-state index in [2.05, 4.69) is 54.6 Å². The van der Waals surface area contributed by atoms with E-state index >= 15 is 0 Å². The van der Waals surface area contributed by atoms with Crippen LogP contribution in [-0.4, -0.2) is 22.3 Å². The summed E-state index contributed by atoms with van der Waals surface area (Å²) in [5, 5.41) is 0.0417. The Labute approximate surface area is 172 Å². The topological polar surface area (TPSA) is 43.4 Å². The maximum atomic E-state index is 13.4. The van der Waals surface area contributed by atoms with Crippen molar-refractivity contribution in [1.82, 2.24) is 0 Å². The summed E-state index contributed by atoms with van der Waals surface area (Å²) in [7, 11) is -5.66. The fourth-order valence-corrected chi connectivity index (χ4v) is 6.76. The molecule has 2 rings (SSSR count). The number of allylic oxidation sites excluding steroid dienone is 2. The Morgan fingerprint density at radius 1 is 1.11 bits per heavy atom. The van der Waals surface area contributed by atoms with E-state index in [4.69, 9.17) is 4.43 Å². The van der Waals surface area contributed by atoms with Gasteiger partial charge in [-0.2, -0.15) is 0 Å². The lowest BCUT2D eigenvalue weighted by Gasteiger charge is -2.44. The van der Waals surface area contributed by atoms with Gasteiger partial charge in [0.05, 0.1) is 15.4 Å². The van der Waals surface area contributed by atoms with E-state index < -0.39 is 23.8 Å². The Kier molecular flexibility index (Phi) is 6.26. The number of hydrogen-bond acceptors (Lipinski definition) is 3. The van der Waals surface area contributed by atoms with Crippen LogP contribution in [0.25, 0.3) is 0 Å². The van der Waals surface area contributed by atoms with Gasteiger partial charge in [-0.25, -0.2) is 8.42 Å². The quantitative estimate of drug-likeness (QED) is 0.403. The summed E-state index contributed by atoms with van der Waals surface area (Å²) in [5.74, 6) is -0.0933. The van der Waals surface area contributed by atoms with Crippen LogP contribution in [0.3, 0.4) is 0 Å². The van der Waals surface area contributed by atoms with Crippen molar-refractivity contribution in [2.24, 2.45) is 5.92 Å². The van der Waals surface area contributed by atoms with Gasteiger partial charge in [-0.15, -0.1) is 0 Å². The molecule has 0 N–H and O–H groups in total. The average Bonchev–Trinajstić information content (AvgIpc) is 2.91. The van der Waals surface area contributed by atoms with Crippen LogP contribution in [-0.2, 0) is 14.3 Å². The normalized spacial score (nSPS) is 23.5. The van der Waals surface area contributed by atoms with Crippen LogP contribution < -0.4 is 0 Å². The molecule has 1 aromatic carbocycles. The Hall–Kier alpha value is -1.17. The highest BCUT2D eigenvalue weighted by Crippen LogP contribution is 2.49. The molecule has 0 saturated carbocycles. The molecule has 2 atom stereocenters. The highest BCUT2D eigenvalue weighted by Gasteiger charge is 2.50. The minimum atomic E-state index is -3.54. The molecule has 1 aromatic rings. The Balaban J connectivity index is 2.65. The third kappa shape index (κ3) is 4.21. The summed E-state index contributed by atoms with van der Waals surface area (Å²) < 4.78 is 33.7. The molecule has 0 heterocycles. The van der Waals surface area contributed by atoms with Crippen molar-refractivity contribution in [2.75, 3.05) is 0 Å². The van der Waals surface area contributed by atoms with Crippen LogP contribution in [0.1, 0.15) is 54.9 Å². The van der Waals surface area contributed by atoms with E-state index in [1.807, 2.05) is 19.1 Å². The van der Waals surface area contributed by atoms with Gasteiger partial charge in [0, 0.05) is 0 Å². The summed E-state index contributed by atoms with van der Waals surface area (Å²) in [5.41, 5.74) is 1.65. The van der Waals surface area contributed by atoms with Gasteiger partial charge in [-0.1, -0.05) is 51.5 Å². The molecule has 1 aliphatic rings. The van der Waals surface area contributed by atoms with Gasteiger partial charge in [0.2, 0.25) is 9.84 Å². The van der Waals surface area contributed by atoms with Gasteiger partial charge in [-0.3, -0.25) is 0 Å². The number of hydrogen-bond donors (Lipinski definition) is 0. The lowest BCUT2D eigenvalue weighted by Crippen LogP contribution is -2.49. The predicted molar refractivity (Wildman–Crippen MR) is 121 cm³/mol. The fourth-order valence-electron chi connectivity index (χ4n) is 3.51. The molecule has 0 radical (unpaired) electrons. The molecule has 156 valence electrons. The molecule has 0 fully saturated rings. The largest absolute Gasteiger partial charge is 0.404 e. The first kappa shape index (κ1) is 23.1. The monoisotopic (exact) mass is 420 g/mol. The number of benzene rings is 1. The maximum Gasteiger partial charge on any atom is 0.202 e. The van der Waals surface area contributed by atoms with Crippen LogP contribution in [0, 0.1) is 5.92 Å². The zero-order chi connectivity index (χ0) is 21.5. The predicted octanol–water partition coefficient (Wildman–Crippen LogP) is 6.50. The highest BCUT2D eigenvalue weighted by atomic mass is 32.2. The molecule has 5 heteroatoms. The van der Waals surface area contributed by atoms with Gasteiger partial charge in [0.1, 0.15) is 0 Å². The lowest BCUT2D eigenvalue weighted by atomic mass is 9.89. The lowest BCUT2D eigenvalue weighted by molar-refractivity contribution is 0.128. The highest BCUT2D eigenvalue weighted by molar-refractivity contribution is 7.95. The number of rotatable bonds is 5. The Bertz CT molecular complexity index is 886. The molecule has 0 saturated heterocycles. The molecular formula is C23H36O3SSi. The smallest absolute Gasteiger partial charge is 0.202 e. The van der Waals surface area contributed by atoms with Crippen molar-refractivity contribution in [1.29, 1.82) is 0 Å². The minimum absolute atomic E-state index is 0.0417. The summed E-state index contributed by atoms with van der Waals surface area (Å²) >= 11 is 0. The Morgan fingerprint density at radius 2 is 1.64 bits per heavy atom. The van der Waals surface area contributed by atoms with Crippen LogP contribution in [0.5, 0.6) is 0 Å². The van der Waals surface area contributed by atoms with Gasteiger partial charge in [0.15, 0.2) is 8.32 Å². The first-order valence-corrected chi connectivity index (χ1v) is 14.4. The van der Waals surface area contributed by atoms with E-state index in [0.29, 0.717) is 16.2 Å². The first-order valence-electron chi connectivity index (χ1n) is 10.0. The van der Waals surface area contributed by atoms with Crippen molar-refractivity contribution in [3.8, 4) is 0 Å². The van der Waals surface area contributed by atoms with Crippen LogP contribution in [0.15, 0.2) is 57.4 Å². The fraction of sp³-hybridized carbons (Fsp3) is 0.565. The molecule has 0 bridgehead atoms. The van der Waals surface area contributed by atoms with Crippen LogP contribution >= 0.6 is 0 Å². The van der Waals surface area contributed by atoms with Gasteiger partial charge < -0.3 is 4.43 Å². The van der Waals surface area contributed by atoms with E-state index in [0.717, 1.165) is 5.57 Å². The van der Waals surface area contributed by atoms with E-state index in [1.54, 1.807) is 24.3 Å². The van der Waals surface area contributed by atoms with E-state index in [1.165, 1.54) is 5.57 Å². The van der Waals surface area contributed by atoms with Gasteiger partial charge >= 0.3 is 0 Å². The first-order chi connectivity index (χ1) is 12.6. The summed E-state index contributed by atoms with van der Waals surface area (Å²) in [6, 6.07) is 8.72. The van der Waals surface area contributed by atoms with Crippen molar-refractivity contribution < 1.29 is 12.8 Å². The summed E-state index contributed by atoms with van der Waals surface area (Å²) in [4.78, 5) is 0.837.